The van der Waals surface area contributed by atoms with Gasteiger partial charge in [-0.1, -0.05) is 44.8 Å². The maximum Gasteiger partial charge on any atom is 0.0897 e. The highest BCUT2D eigenvalue weighted by molar-refractivity contribution is 9.11. The van der Waals surface area contributed by atoms with E-state index in [9.17, 15) is 0 Å². The molecule has 1 aromatic carbocycles. The molecule has 1 unspecified atom stereocenters. The fraction of sp³-hybridized carbons (Fsp3) is 0.357. The van der Waals surface area contributed by atoms with Crippen LogP contribution < -0.4 is 5.32 Å². The van der Waals surface area contributed by atoms with E-state index in [2.05, 4.69) is 72.7 Å². The topological polar surface area (TPSA) is 24.9 Å². The van der Waals surface area contributed by atoms with Crippen molar-refractivity contribution in [1.29, 1.82) is 0 Å². The molecule has 1 N–H and O–H groups in total. The van der Waals surface area contributed by atoms with Crippen molar-refractivity contribution in [1.82, 2.24) is 10.3 Å². The largest absolute Gasteiger partial charge is 0.310 e. The summed E-state index contributed by atoms with van der Waals surface area (Å²) in [5.74, 6) is 0. The van der Waals surface area contributed by atoms with E-state index >= 15 is 0 Å². The molecule has 0 aliphatic heterocycles. The summed E-state index contributed by atoms with van der Waals surface area (Å²) in [6, 6.07) is 6.61. The van der Waals surface area contributed by atoms with Gasteiger partial charge in [0.05, 0.1) is 10.7 Å². The standard InChI is InChI=1S/C14H16Br2N2S/c1-3-17-14(7-11-8-19-9(2)18-11)12-5-4-10(15)6-13(12)16/h4-6,8,14,17H,3,7H2,1-2H3. The summed E-state index contributed by atoms with van der Waals surface area (Å²) in [6.07, 6.45) is 0.915. The highest BCUT2D eigenvalue weighted by atomic mass is 79.9. The van der Waals surface area contributed by atoms with Crippen molar-refractivity contribution in [3.8, 4) is 0 Å². The van der Waals surface area contributed by atoms with Crippen molar-refractivity contribution >= 4 is 43.2 Å². The number of thiazole rings is 1. The Labute approximate surface area is 134 Å². The van der Waals surface area contributed by atoms with Crippen molar-refractivity contribution in [3.05, 3.63) is 48.8 Å². The van der Waals surface area contributed by atoms with E-state index in [1.165, 1.54) is 5.56 Å². The van der Waals surface area contributed by atoms with Gasteiger partial charge in [0.1, 0.15) is 0 Å². The molecule has 0 radical (unpaired) electrons. The predicted molar refractivity (Wildman–Crippen MR) is 88.8 cm³/mol. The number of rotatable bonds is 5. The van der Waals surface area contributed by atoms with Gasteiger partial charge in [0.2, 0.25) is 0 Å². The first kappa shape index (κ1) is 15.2. The van der Waals surface area contributed by atoms with Crippen molar-refractivity contribution in [2.24, 2.45) is 0 Å². The molecule has 102 valence electrons. The number of nitrogens with one attached hydrogen (secondary N) is 1. The molecule has 1 heterocycles. The Bertz CT molecular complexity index is 554. The SMILES string of the molecule is CCNC(Cc1csc(C)n1)c1ccc(Br)cc1Br. The van der Waals surface area contributed by atoms with Crippen LogP contribution in [0.3, 0.4) is 0 Å². The Hall–Kier alpha value is -0.230. The van der Waals surface area contributed by atoms with E-state index < -0.39 is 0 Å². The van der Waals surface area contributed by atoms with E-state index in [1.54, 1.807) is 11.3 Å². The van der Waals surface area contributed by atoms with Gasteiger partial charge in [-0.25, -0.2) is 4.98 Å². The number of halogens is 2. The lowest BCUT2D eigenvalue weighted by Gasteiger charge is -2.19. The lowest BCUT2D eigenvalue weighted by atomic mass is 10.0. The third-order valence-corrected chi connectivity index (χ3v) is 4.87. The Morgan fingerprint density at radius 1 is 1.37 bits per heavy atom. The summed E-state index contributed by atoms with van der Waals surface area (Å²) in [5.41, 5.74) is 2.43. The maximum atomic E-state index is 4.56. The summed E-state index contributed by atoms with van der Waals surface area (Å²) in [6.45, 7) is 5.12. The minimum Gasteiger partial charge on any atom is -0.310 e. The van der Waals surface area contributed by atoms with Gasteiger partial charge in [-0.05, 0) is 31.2 Å². The Balaban J connectivity index is 2.23. The van der Waals surface area contributed by atoms with Gasteiger partial charge in [-0.2, -0.15) is 0 Å². The second-order valence-corrected chi connectivity index (χ2v) is 7.17. The quantitative estimate of drug-likeness (QED) is 0.770. The van der Waals surface area contributed by atoms with E-state index in [0.717, 1.165) is 32.6 Å². The molecule has 0 aliphatic carbocycles. The molecule has 2 aromatic rings. The molecule has 2 rings (SSSR count). The molecule has 19 heavy (non-hydrogen) atoms. The molecule has 1 atom stereocenters. The van der Waals surface area contributed by atoms with Crippen LogP contribution in [0.1, 0.15) is 29.2 Å². The second kappa shape index (κ2) is 6.97. The molecular formula is C14H16Br2N2S. The van der Waals surface area contributed by atoms with Crippen LogP contribution in [0.4, 0.5) is 0 Å². The number of hydrogen-bond donors (Lipinski definition) is 1. The lowest BCUT2D eigenvalue weighted by molar-refractivity contribution is 0.543. The second-order valence-electron chi connectivity index (χ2n) is 4.34. The molecule has 0 saturated carbocycles. The molecule has 1 aromatic heterocycles. The van der Waals surface area contributed by atoms with Crippen LogP contribution in [0.2, 0.25) is 0 Å². The molecular weight excluding hydrogens is 388 g/mol. The Morgan fingerprint density at radius 2 is 2.16 bits per heavy atom. The zero-order valence-corrected chi connectivity index (χ0v) is 14.9. The van der Waals surface area contributed by atoms with Crippen molar-refractivity contribution in [2.45, 2.75) is 26.3 Å². The molecule has 0 fully saturated rings. The first-order chi connectivity index (χ1) is 9.10. The lowest BCUT2D eigenvalue weighted by Crippen LogP contribution is -2.23. The summed E-state index contributed by atoms with van der Waals surface area (Å²) < 4.78 is 2.21. The van der Waals surface area contributed by atoms with Gasteiger partial charge in [0.25, 0.3) is 0 Å². The minimum absolute atomic E-state index is 0.286. The maximum absolute atomic E-state index is 4.56. The van der Waals surface area contributed by atoms with Crippen LogP contribution in [-0.4, -0.2) is 11.5 Å². The highest BCUT2D eigenvalue weighted by Gasteiger charge is 2.15. The smallest absolute Gasteiger partial charge is 0.0897 e. The summed E-state index contributed by atoms with van der Waals surface area (Å²) in [7, 11) is 0. The first-order valence-corrected chi connectivity index (χ1v) is 8.66. The molecule has 0 aliphatic rings. The first-order valence-electron chi connectivity index (χ1n) is 6.19. The Kier molecular flexibility index (Phi) is 5.57. The molecule has 5 heteroatoms. The zero-order chi connectivity index (χ0) is 13.8. The van der Waals surface area contributed by atoms with Gasteiger partial charge in [0.15, 0.2) is 0 Å². The number of likely N-dealkylation sites (N-methyl/N-ethyl adjacent to an activating group) is 1. The molecule has 0 spiro atoms. The van der Waals surface area contributed by atoms with Gasteiger partial charge < -0.3 is 5.32 Å². The monoisotopic (exact) mass is 402 g/mol. The van der Waals surface area contributed by atoms with Crippen LogP contribution in [0.15, 0.2) is 32.5 Å². The normalized spacial score (nSPS) is 12.6. The number of aryl methyl sites for hydroxylation is 1. The minimum atomic E-state index is 0.286. The van der Waals surface area contributed by atoms with Crippen LogP contribution in [0.25, 0.3) is 0 Å². The van der Waals surface area contributed by atoms with Crippen LogP contribution in [0.5, 0.6) is 0 Å². The van der Waals surface area contributed by atoms with Crippen LogP contribution >= 0.6 is 43.2 Å². The average Bonchev–Trinajstić information content (AvgIpc) is 2.74. The van der Waals surface area contributed by atoms with E-state index in [-0.39, 0.29) is 6.04 Å². The summed E-state index contributed by atoms with van der Waals surface area (Å²) >= 11 is 8.85. The summed E-state index contributed by atoms with van der Waals surface area (Å²) in [5, 5.41) is 6.81. The fourth-order valence-corrected chi connectivity index (χ4v) is 3.98. The van der Waals surface area contributed by atoms with Crippen molar-refractivity contribution in [3.63, 3.8) is 0 Å². The Morgan fingerprint density at radius 3 is 2.74 bits per heavy atom. The third-order valence-electron chi connectivity index (χ3n) is 2.87. The molecule has 2 nitrogen and oxygen atoms in total. The third kappa shape index (κ3) is 4.12. The van der Waals surface area contributed by atoms with Crippen molar-refractivity contribution < 1.29 is 0 Å². The van der Waals surface area contributed by atoms with E-state index in [1.807, 2.05) is 6.92 Å². The van der Waals surface area contributed by atoms with Crippen molar-refractivity contribution in [2.75, 3.05) is 6.54 Å². The van der Waals surface area contributed by atoms with E-state index in [0.29, 0.717) is 0 Å². The van der Waals surface area contributed by atoms with Gasteiger partial charge >= 0.3 is 0 Å². The number of hydrogen-bond acceptors (Lipinski definition) is 3. The van der Waals surface area contributed by atoms with E-state index in [4.69, 9.17) is 0 Å². The van der Waals surface area contributed by atoms with Gasteiger partial charge in [-0.15, -0.1) is 11.3 Å². The fourth-order valence-electron chi connectivity index (χ4n) is 2.03. The number of aromatic nitrogens is 1. The average molecular weight is 404 g/mol. The zero-order valence-electron chi connectivity index (χ0n) is 10.9. The molecule has 0 bridgehead atoms. The number of benzene rings is 1. The van der Waals surface area contributed by atoms with Gasteiger partial charge in [-0.3, -0.25) is 0 Å². The number of nitrogens with zero attached hydrogens (tertiary/aromatic N) is 1. The van der Waals surface area contributed by atoms with Gasteiger partial charge in [0, 0.05) is 26.8 Å². The molecule has 0 amide bonds. The summed E-state index contributed by atoms with van der Waals surface area (Å²) in [4.78, 5) is 4.56. The predicted octanol–water partition coefficient (Wildman–Crippen LogP) is 4.87. The van der Waals surface area contributed by atoms with Crippen LogP contribution in [0, 0.1) is 6.92 Å². The van der Waals surface area contributed by atoms with Crippen LogP contribution in [-0.2, 0) is 6.42 Å². The molecule has 0 saturated heterocycles. The highest BCUT2D eigenvalue weighted by Crippen LogP contribution is 2.29.